The van der Waals surface area contributed by atoms with Crippen molar-refractivity contribution in [1.29, 1.82) is 0 Å². The lowest BCUT2D eigenvalue weighted by molar-refractivity contribution is 0.204. The van der Waals surface area contributed by atoms with E-state index in [1.165, 1.54) is 60.1 Å². The van der Waals surface area contributed by atoms with Gasteiger partial charge in [0.05, 0.1) is 18.2 Å². The number of allylic oxidation sites excluding steroid dienone is 2. The zero-order valence-corrected chi connectivity index (χ0v) is 19.2. The predicted octanol–water partition coefficient (Wildman–Crippen LogP) is 7.68. The highest BCUT2D eigenvalue weighted by atomic mass is 16.5. The number of rotatable bonds is 3. The molecule has 3 nitrogen and oxygen atoms in total. The molecule has 1 aliphatic carbocycles. The smallest absolute Gasteiger partial charge is 0.131 e. The maximum absolute atomic E-state index is 6.68. The molecule has 5 rings (SSSR count). The van der Waals surface area contributed by atoms with Gasteiger partial charge in [-0.25, -0.2) is 0 Å². The molecule has 2 aromatic rings. The van der Waals surface area contributed by atoms with E-state index in [-0.39, 0.29) is 11.6 Å². The standard InChI is InChI=1S/C28H33NO2/c1-18-17-28(2,3)29-21-15-14-20-26-22(30-4)11-8-12-23(26)31-24(27(20)25(18)21)16-13-19-9-6-5-7-10-19/h8,11-15,17,24,29H,5-7,9-10,16H2,1-4H3. The summed E-state index contributed by atoms with van der Waals surface area (Å²) < 4.78 is 12.4. The van der Waals surface area contributed by atoms with Gasteiger partial charge in [-0.1, -0.05) is 36.3 Å². The number of fused-ring (bicyclic) bond motifs is 5. The van der Waals surface area contributed by atoms with E-state index in [1.807, 2.05) is 12.1 Å². The summed E-state index contributed by atoms with van der Waals surface area (Å²) in [7, 11) is 1.74. The largest absolute Gasteiger partial charge is 0.496 e. The van der Waals surface area contributed by atoms with Gasteiger partial charge in [-0.2, -0.15) is 0 Å². The maximum atomic E-state index is 6.68. The second-order valence-electron chi connectivity index (χ2n) is 9.72. The number of nitrogens with one attached hydrogen (secondary N) is 1. The molecule has 0 radical (unpaired) electrons. The van der Waals surface area contributed by atoms with Gasteiger partial charge < -0.3 is 14.8 Å². The SMILES string of the molecule is COc1cccc2c1-c1ccc3c(c1C(CC=C1CCCCC1)O2)C(C)=CC(C)(C)N3. The van der Waals surface area contributed by atoms with Gasteiger partial charge in [-0.15, -0.1) is 0 Å². The molecule has 3 aliphatic rings. The Balaban J connectivity index is 1.66. The van der Waals surface area contributed by atoms with Gasteiger partial charge in [0.15, 0.2) is 0 Å². The molecule has 31 heavy (non-hydrogen) atoms. The highest BCUT2D eigenvalue weighted by molar-refractivity contribution is 5.91. The first-order chi connectivity index (χ1) is 15.0. The fourth-order valence-corrected chi connectivity index (χ4v) is 5.60. The Morgan fingerprint density at radius 2 is 1.90 bits per heavy atom. The lowest BCUT2D eigenvalue weighted by Gasteiger charge is -2.37. The van der Waals surface area contributed by atoms with Crippen molar-refractivity contribution >= 4 is 11.3 Å². The van der Waals surface area contributed by atoms with Crippen LogP contribution >= 0.6 is 0 Å². The third kappa shape index (κ3) is 3.64. The Morgan fingerprint density at radius 3 is 2.68 bits per heavy atom. The summed E-state index contributed by atoms with van der Waals surface area (Å²) in [6.45, 7) is 6.67. The van der Waals surface area contributed by atoms with Crippen LogP contribution in [0.4, 0.5) is 5.69 Å². The molecule has 3 heteroatoms. The Kier molecular flexibility index (Phi) is 5.08. The van der Waals surface area contributed by atoms with Crippen LogP contribution in [0.25, 0.3) is 16.7 Å². The first kappa shape index (κ1) is 20.2. The molecule has 1 N–H and O–H groups in total. The second kappa shape index (κ2) is 7.78. The van der Waals surface area contributed by atoms with Crippen molar-refractivity contribution < 1.29 is 9.47 Å². The molecule has 162 valence electrons. The van der Waals surface area contributed by atoms with Gasteiger partial charge in [-0.05, 0) is 75.8 Å². The van der Waals surface area contributed by atoms with Gasteiger partial charge in [0.25, 0.3) is 0 Å². The third-order valence-electron chi connectivity index (χ3n) is 6.86. The molecule has 2 aromatic carbocycles. The Hall–Kier alpha value is -2.68. The van der Waals surface area contributed by atoms with Crippen LogP contribution in [0.5, 0.6) is 11.5 Å². The molecular weight excluding hydrogens is 382 g/mol. The number of hydrogen-bond donors (Lipinski definition) is 1. The Morgan fingerprint density at radius 1 is 1.10 bits per heavy atom. The van der Waals surface area contributed by atoms with E-state index in [9.17, 15) is 0 Å². The topological polar surface area (TPSA) is 30.5 Å². The summed E-state index contributed by atoms with van der Waals surface area (Å²) in [5.74, 6) is 1.79. The quantitative estimate of drug-likeness (QED) is 0.521. The van der Waals surface area contributed by atoms with Crippen molar-refractivity contribution in [3.8, 4) is 22.6 Å². The molecule has 2 aliphatic heterocycles. The minimum atomic E-state index is -0.0595. The molecule has 1 fully saturated rings. The number of methoxy groups -OCH3 is 1. The molecule has 0 aromatic heterocycles. The predicted molar refractivity (Wildman–Crippen MR) is 129 cm³/mol. The van der Waals surface area contributed by atoms with Crippen molar-refractivity contribution in [2.75, 3.05) is 12.4 Å². The van der Waals surface area contributed by atoms with Crippen LogP contribution in [0.1, 0.15) is 76.5 Å². The molecule has 1 unspecified atom stereocenters. The molecule has 0 saturated heterocycles. The van der Waals surface area contributed by atoms with Gasteiger partial charge in [0, 0.05) is 23.2 Å². The van der Waals surface area contributed by atoms with Crippen LogP contribution in [0.3, 0.4) is 0 Å². The number of hydrogen-bond acceptors (Lipinski definition) is 3. The molecule has 0 spiro atoms. The van der Waals surface area contributed by atoms with E-state index in [4.69, 9.17) is 9.47 Å². The van der Waals surface area contributed by atoms with E-state index in [0.717, 1.165) is 23.5 Å². The van der Waals surface area contributed by atoms with Crippen molar-refractivity contribution in [2.45, 2.75) is 70.9 Å². The fourth-order valence-electron chi connectivity index (χ4n) is 5.60. The van der Waals surface area contributed by atoms with Crippen LogP contribution < -0.4 is 14.8 Å². The summed E-state index contributed by atoms with van der Waals surface area (Å²) >= 11 is 0. The first-order valence-electron chi connectivity index (χ1n) is 11.6. The average Bonchev–Trinajstić information content (AvgIpc) is 2.76. The number of ether oxygens (including phenoxy) is 2. The highest BCUT2D eigenvalue weighted by Gasteiger charge is 2.34. The van der Waals surface area contributed by atoms with E-state index in [1.54, 1.807) is 12.7 Å². The zero-order valence-electron chi connectivity index (χ0n) is 19.2. The van der Waals surface area contributed by atoms with Crippen molar-refractivity contribution in [3.63, 3.8) is 0 Å². The Bertz CT molecular complexity index is 1070. The van der Waals surface area contributed by atoms with Crippen LogP contribution in [-0.4, -0.2) is 12.6 Å². The van der Waals surface area contributed by atoms with Gasteiger partial charge in [0.2, 0.25) is 0 Å². The minimum Gasteiger partial charge on any atom is -0.496 e. The molecule has 0 amide bonds. The van der Waals surface area contributed by atoms with Gasteiger partial charge in [0.1, 0.15) is 17.6 Å². The molecule has 0 bridgehead atoms. The Labute approximate surface area is 186 Å². The zero-order chi connectivity index (χ0) is 21.6. The third-order valence-corrected chi connectivity index (χ3v) is 6.86. The number of anilines is 1. The van der Waals surface area contributed by atoms with Crippen molar-refractivity contribution in [3.05, 3.63) is 59.2 Å². The maximum Gasteiger partial charge on any atom is 0.131 e. The van der Waals surface area contributed by atoms with Crippen LogP contribution in [-0.2, 0) is 0 Å². The molecule has 2 heterocycles. The lowest BCUT2D eigenvalue weighted by Crippen LogP contribution is -2.32. The normalized spacial score (nSPS) is 21.0. The number of benzene rings is 2. The van der Waals surface area contributed by atoms with Crippen LogP contribution in [0.2, 0.25) is 0 Å². The van der Waals surface area contributed by atoms with Gasteiger partial charge >= 0.3 is 0 Å². The van der Waals surface area contributed by atoms with Crippen molar-refractivity contribution in [1.82, 2.24) is 0 Å². The average molecular weight is 416 g/mol. The summed E-state index contributed by atoms with van der Waals surface area (Å²) in [5, 5.41) is 3.72. The second-order valence-corrected chi connectivity index (χ2v) is 9.72. The minimum absolute atomic E-state index is 0.00495. The van der Waals surface area contributed by atoms with Gasteiger partial charge in [-0.3, -0.25) is 0 Å². The molecular formula is C28H33NO2. The van der Waals surface area contributed by atoms with E-state index in [0.29, 0.717) is 0 Å². The summed E-state index contributed by atoms with van der Waals surface area (Å²) in [6.07, 6.45) is 12.2. The monoisotopic (exact) mass is 415 g/mol. The summed E-state index contributed by atoms with van der Waals surface area (Å²) in [6, 6.07) is 10.6. The lowest BCUT2D eigenvalue weighted by atomic mass is 9.81. The van der Waals surface area contributed by atoms with Crippen molar-refractivity contribution in [2.24, 2.45) is 0 Å². The van der Waals surface area contributed by atoms with E-state index < -0.39 is 0 Å². The van der Waals surface area contributed by atoms with Crippen LogP contribution in [0.15, 0.2) is 48.1 Å². The summed E-state index contributed by atoms with van der Waals surface area (Å²) in [5.41, 5.74) is 8.94. The van der Waals surface area contributed by atoms with Crippen LogP contribution in [0, 0.1) is 0 Å². The first-order valence-corrected chi connectivity index (χ1v) is 11.6. The molecule has 1 saturated carbocycles. The highest BCUT2D eigenvalue weighted by Crippen LogP contribution is 2.52. The van der Waals surface area contributed by atoms with E-state index in [2.05, 4.69) is 56.4 Å². The fraction of sp³-hybridized carbons (Fsp3) is 0.429. The summed E-state index contributed by atoms with van der Waals surface area (Å²) in [4.78, 5) is 0. The molecule has 1 atom stereocenters. The van der Waals surface area contributed by atoms with E-state index >= 15 is 0 Å².